The predicted molar refractivity (Wildman–Crippen MR) is 133 cm³/mol. The van der Waals surface area contributed by atoms with Crippen molar-refractivity contribution in [2.24, 2.45) is 4.99 Å². The maximum absolute atomic E-state index is 6.16. The van der Waals surface area contributed by atoms with Crippen LogP contribution in [-0.4, -0.2) is 46.5 Å². The zero-order valence-corrected chi connectivity index (χ0v) is 21.7. The van der Waals surface area contributed by atoms with Crippen molar-refractivity contribution in [3.63, 3.8) is 0 Å². The molecule has 31 heavy (non-hydrogen) atoms. The third-order valence-electron chi connectivity index (χ3n) is 4.82. The van der Waals surface area contributed by atoms with E-state index >= 15 is 0 Å². The fourth-order valence-corrected chi connectivity index (χ4v) is 3.47. The SMILES string of the molecule is CN=C(NCc1ccc(C)cc1OC(C)(C)C)NC1CCc2nc(COC)nn2C1.I. The van der Waals surface area contributed by atoms with Crippen molar-refractivity contribution in [3.8, 4) is 5.75 Å². The van der Waals surface area contributed by atoms with Gasteiger partial charge in [-0.2, -0.15) is 5.10 Å². The molecule has 2 N–H and O–H groups in total. The molecule has 0 amide bonds. The van der Waals surface area contributed by atoms with E-state index in [0.29, 0.717) is 13.2 Å². The van der Waals surface area contributed by atoms with E-state index in [1.54, 1.807) is 14.2 Å². The van der Waals surface area contributed by atoms with Crippen molar-refractivity contribution in [2.45, 2.75) is 71.9 Å². The lowest BCUT2D eigenvalue weighted by molar-refractivity contribution is 0.129. The largest absolute Gasteiger partial charge is 0.488 e. The monoisotopic (exact) mass is 542 g/mol. The quantitative estimate of drug-likeness (QED) is 0.332. The molecule has 9 heteroatoms. The Hall–Kier alpha value is -1.88. The van der Waals surface area contributed by atoms with Crippen molar-refractivity contribution in [3.05, 3.63) is 41.0 Å². The summed E-state index contributed by atoms with van der Waals surface area (Å²) in [6.45, 7) is 10.1. The van der Waals surface area contributed by atoms with Gasteiger partial charge >= 0.3 is 0 Å². The summed E-state index contributed by atoms with van der Waals surface area (Å²) < 4.78 is 13.3. The van der Waals surface area contributed by atoms with E-state index < -0.39 is 0 Å². The Balaban J connectivity index is 0.00000341. The minimum Gasteiger partial charge on any atom is -0.488 e. The first-order valence-corrected chi connectivity index (χ1v) is 10.4. The van der Waals surface area contributed by atoms with Gasteiger partial charge in [-0.3, -0.25) is 4.99 Å². The molecule has 1 aromatic carbocycles. The lowest BCUT2D eigenvalue weighted by Crippen LogP contribution is -2.46. The van der Waals surface area contributed by atoms with Crippen LogP contribution in [0.15, 0.2) is 23.2 Å². The zero-order chi connectivity index (χ0) is 21.7. The van der Waals surface area contributed by atoms with Gasteiger partial charge in [-0.1, -0.05) is 12.1 Å². The molecule has 172 valence electrons. The number of benzene rings is 1. The second-order valence-corrected chi connectivity index (χ2v) is 8.69. The maximum atomic E-state index is 6.16. The molecule has 1 aliphatic rings. The fourth-order valence-electron chi connectivity index (χ4n) is 3.47. The van der Waals surface area contributed by atoms with Crippen LogP contribution in [0.4, 0.5) is 0 Å². The molecule has 1 atom stereocenters. The molecule has 0 saturated carbocycles. The molecule has 1 unspecified atom stereocenters. The molecule has 8 nitrogen and oxygen atoms in total. The van der Waals surface area contributed by atoms with Crippen LogP contribution in [0.1, 0.15) is 50.0 Å². The molecule has 1 aromatic heterocycles. The topological polar surface area (TPSA) is 85.6 Å². The van der Waals surface area contributed by atoms with Crippen LogP contribution in [0.25, 0.3) is 0 Å². The molecule has 0 radical (unpaired) electrons. The molecule has 2 heterocycles. The summed E-state index contributed by atoms with van der Waals surface area (Å²) in [5.41, 5.74) is 2.03. The summed E-state index contributed by atoms with van der Waals surface area (Å²) in [5.74, 6) is 3.43. The normalized spacial score (nSPS) is 16.3. The molecule has 1 aliphatic heterocycles. The smallest absolute Gasteiger partial charge is 0.191 e. The van der Waals surface area contributed by atoms with Crippen LogP contribution < -0.4 is 15.4 Å². The van der Waals surface area contributed by atoms with Crippen LogP contribution in [0.5, 0.6) is 5.75 Å². The van der Waals surface area contributed by atoms with Gasteiger partial charge in [0.15, 0.2) is 11.8 Å². The second-order valence-electron chi connectivity index (χ2n) is 8.69. The number of nitrogens with one attached hydrogen (secondary N) is 2. The standard InChI is InChI=1S/C22H34N6O2.HI/c1-15-7-8-16(18(11-15)30-22(2,3)4)12-24-21(23-5)25-17-9-10-20-26-19(14-29-6)27-28(20)13-17;/h7-8,11,17H,9-10,12-14H2,1-6H3,(H2,23,24,25);1H. The molecule has 3 rings (SSSR count). The van der Waals surface area contributed by atoms with E-state index in [1.807, 2.05) is 4.68 Å². The number of ether oxygens (including phenoxy) is 2. The Kier molecular flexibility index (Phi) is 9.11. The number of hydrogen-bond donors (Lipinski definition) is 2. The van der Waals surface area contributed by atoms with Gasteiger partial charge in [-0.25, -0.2) is 9.67 Å². The first-order chi connectivity index (χ1) is 14.3. The van der Waals surface area contributed by atoms with Crippen LogP contribution in [0.3, 0.4) is 0 Å². The number of fused-ring (bicyclic) bond motifs is 1. The Morgan fingerprint density at radius 3 is 2.77 bits per heavy atom. The number of aromatic nitrogens is 3. The number of aliphatic imine (C=N–C) groups is 1. The average molecular weight is 542 g/mol. The summed E-state index contributed by atoms with van der Waals surface area (Å²) in [6.07, 6.45) is 1.86. The molecule has 0 fully saturated rings. The van der Waals surface area contributed by atoms with Gasteiger partial charge < -0.3 is 20.1 Å². The predicted octanol–water partition coefficient (Wildman–Crippen LogP) is 3.21. The summed E-state index contributed by atoms with van der Waals surface area (Å²) in [5, 5.41) is 11.5. The van der Waals surface area contributed by atoms with E-state index in [4.69, 9.17) is 9.47 Å². The lowest BCUT2D eigenvalue weighted by atomic mass is 10.1. The van der Waals surface area contributed by atoms with Crippen molar-refractivity contribution >= 4 is 29.9 Å². The Bertz CT molecular complexity index is 891. The summed E-state index contributed by atoms with van der Waals surface area (Å²) in [7, 11) is 3.45. The minimum atomic E-state index is -0.248. The van der Waals surface area contributed by atoms with Gasteiger partial charge in [-0.05, 0) is 45.7 Å². The van der Waals surface area contributed by atoms with E-state index in [-0.39, 0.29) is 35.6 Å². The van der Waals surface area contributed by atoms with Gasteiger partial charge in [-0.15, -0.1) is 24.0 Å². The van der Waals surface area contributed by atoms with E-state index in [1.165, 1.54) is 5.56 Å². The Morgan fingerprint density at radius 2 is 2.10 bits per heavy atom. The number of rotatable bonds is 6. The molecule has 0 aliphatic carbocycles. The highest BCUT2D eigenvalue weighted by atomic mass is 127. The average Bonchev–Trinajstić information content (AvgIpc) is 3.07. The number of halogens is 1. The van der Waals surface area contributed by atoms with Gasteiger partial charge in [0.1, 0.15) is 23.8 Å². The van der Waals surface area contributed by atoms with Gasteiger partial charge in [0.2, 0.25) is 0 Å². The van der Waals surface area contributed by atoms with Crippen molar-refractivity contribution in [1.82, 2.24) is 25.4 Å². The summed E-state index contributed by atoms with van der Waals surface area (Å²) >= 11 is 0. The van der Waals surface area contributed by atoms with Crippen molar-refractivity contribution < 1.29 is 9.47 Å². The third-order valence-corrected chi connectivity index (χ3v) is 4.82. The van der Waals surface area contributed by atoms with Crippen molar-refractivity contribution in [2.75, 3.05) is 14.2 Å². The lowest BCUT2D eigenvalue weighted by Gasteiger charge is -2.26. The molecular formula is C22H35IN6O2. The Labute approximate surface area is 202 Å². The Morgan fingerprint density at radius 1 is 1.32 bits per heavy atom. The van der Waals surface area contributed by atoms with Crippen molar-refractivity contribution in [1.29, 1.82) is 0 Å². The summed E-state index contributed by atoms with van der Waals surface area (Å²) in [4.78, 5) is 8.93. The first kappa shape index (κ1) is 25.4. The van der Waals surface area contributed by atoms with Gasteiger partial charge in [0, 0.05) is 38.7 Å². The van der Waals surface area contributed by atoms with Crippen LogP contribution >= 0.6 is 24.0 Å². The zero-order valence-electron chi connectivity index (χ0n) is 19.4. The second kappa shape index (κ2) is 11.1. The highest BCUT2D eigenvalue weighted by Crippen LogP contribution is 2.24. The third kappa shape index (κ3) is 7.34. The molecular weight excluding hydrogens is 507 g/mol. The van der Waals surface area contributed by atoms with E-state index in [0.717, 1.165) is 48.3 Å². The number of hydrogen-bond acceptors (Lipinski definition) is 5. The molecule has 0 bridgehead atoms. The summed E-state index contributed by atoms with van der Waals surface area (Å²) in [6, 6.07) is 6.54. The van der Waals surface area contributed by atoms with Crippen LogP contribution in [-0.2, 0) is 30.9 Å². The number of nitrogens with zero attached hydrogens (tertiary/aromatic N) is 4. The van der Waals surface area contributed by atoms with Crippen LogP contribution in [0.2, 0.25) is 0 Å². The highest BCUT2D eigenvalue weighted by Gasteiger charge is 2.22. The van der Waals surface area contributed by atoms with E-state index in [2.05, 4.69) is 71.6 Å². The highest BCUT2D eigenvalue weighted by molar-refractivity contribution is 14.0. The molecule has 0 spiro atoms. The molecule has 2 aromatic rings. The molecule has 0 saturated heterocycles. The van der Waals surface area contributed by atoms with Gasteiger partial charge in [0.25, 0.3) is 0 Å². The first-order valence-electron chi connectivity index (χ1n) is 10.4. The van der Waals surface area contributed by atoms with Gasteiger partial charge in [0.05, 0.1) is 6.54 Å². The maximum Gasteiger partial charge on any atom is 0.191 e. The minimum absolute atomic E-state index is 0. The number of guanidine groups is 1. The van der Waals surface area contributed by atoms with Crippen LogP contribution in [0, 0.1) is 6.92 Å². The fraction of sp³-hybridized carbons (Fsp3) is 0.591. The van der Waals surface area contributed by atoms with E-state index in [9.17, 15) is 0 Å². The number of aryl methyl sites for hydroxylation is 2. The number of methoxy groups -OCH3 is 1.